The van der Waals surface area contributed by atoms with E-state index in [1.165, 1.54) is 29.2 Å². The summed E-state index contributed by atoms with van der Waals surface area (Å²) in [7, 11) is 0. The Morgan fingerprint density at radius 3 is 2.35 bits per heavy atom. The van der Waals surface area contributed by atoms with E-state index in [0.29, 0.717) is 29.9 Å². The number of carbonyl (C=O) groups excluding carboxylic acids is 2. The molecule has 0 spiro atoms. The molecule has 7 nitrogen and oxygen atoms in total. The molecule has 2 aliphatic rings. The standard InChI is InChI=1S/C19H17N3O4/c23-18-16-6-2-1-5-15(16)17(19(24)20-11-3-4-12-20)21(18)13-7-9-14(10-8-13)22(25)26/h1-2,5-10,17H,3-4,11-12H2/t17-/m0/s1. The third-order valence-electron chi connectivity index (χ3n) is 4.95. The maximum atomic E-state index is 13.1. The summed E-state index contributed by atoms with van der Waals surface area (Å²) in [4.78, 5) is 39.7. The molecule has 0 bridgehead atoms. The number of non-ortho nitro benzene ring substituents is 1. The minimum atomic E-state index is -0.724. The molecule has 1 fully saturated rings. The number of nitrogens with zero attached hydrogens (tertiary/aromatic N) is 3. The van der Waals surface area contributed by atoms with Crippen molar-refractivity contribution in [3.05, 3.63) is 69.8 Å². The summed E-state index contributed by atoms with van der Waals surface area (Å²) in [5.74, 6) is -0.355. The third kappa shape index (κ3) is 2.52. The van der Waals surface area contributed by atoms with Gasteiger partial charge in [0, 0.05) is 36.5 Å². The molecule has 2 aliphatic heterocycles. The van der Waals surface area contributed by atoms with Crippen molar-refractivity contribution in [1.29, 1.82) is 0 Å². The molecule has 2 aromatic carbocycles. The number of fused-ring (bicyclic) bond motifs is 1. The summed E-state index contributed by atoms with van der Waals surface area (Å²) < 4.78 is 0. The summed E-state index contributed by atoms with van der Waals surface area (Å²) in [5.41, 5.74) is 1.62. The molecule has 0 saturated carbocycles. The maximum Gasteiger partial charge on any atom is 0.269 e. The Bertz CT molecular complexity index is 888. The van der Waals surface area contributed by atoms with Gasteiger partial charge in [0.1, 0.15) is 6.04 Å². The first-order chi connectivity index (χ1) is 12.6. The van der Waals surface area contributed by atoms with E-state index in [1.807, 2.05) is 6.07 Å². The number of rotatable bonds is 3. The average Bonchev–Trinajstić information content (AvgIpc) is 3.28. The first-order valence-corrected chi connectivity index (χ1v) is 8.53. The van der Waals surface area contributed by atoms with Gasteiger partial charge in [-0.25, -0.2) is 0 Å². The van der Waals surface area contributed by atoms with E-state index in [4.69, 9.17) is 0 Å². The van der Waals surface area contributed by atoms with Crippen molar-refractivity contribution in [2.45, 2.75) is 18.9 Å². The summed E-state index contributed by atoms with van der Waals surface area (Å²) in [6, 6.07) is 12.1. The van der Waals surface area contributed by atoms with Crippen LogP contribution in [-0.2, 0) is 4.79 Å². The molecular formula is C19H17N3O4. The number of anilines is 1. The second-order valence-corrected chi connectivity index (χ2v) is 6.47. The smallest absolute Gasteiger partial charge is 0.269 e. The lowest BCUT2D eigenvalue weighted by atomic mass is 10.0. The van der Waals surface area contributed by atoms with Crippen molar-refractivity contribution in [2.75, 3.05) is 18.0 Å². The van der Waals surface area contributed by atoms with Gasteiger partial charge >= 0.3 is 0 Å². The van der Waals surface area contributed by atoms with Crippen molar-refractivity contribution >= 4 is 23.2 Å². The quantitative estimate of drug-likeness (QED) is 0.629. The highest BCUT2D eigenvalue weighted by Crippen LogP contribution is 2.39. The van der Waals surface area contributed by atoms with Crippen LogP contribution in [0.2, 0.25) is 0 Å². The molecule has 0 N–H and O–H groups in total. The van der Waals surface area contributed by atoms with Crippen LogP contribution in [0.5, 0.6) is 0 Å². The second kappa shape index (κ2) is 6.25. The van der Waals surface area contributed by atoms with E-state index >= 15 is 0 Å². The van der Waals surface area contributed by atoms with Crippen molar-refractivity contribution in [3.63, 3.8) is 0 Å². The van der Waals surface area contributed by atoms with Gasteiger partial charge in [0.2, 0.25) is 5.91 Å². The van der Waals surface area contributed by atoms with E-state index in [-0.39, 0.29) is 17.5 Å². The predicted octanol–water partition coefficient (Wildman–Crippen LogP) is 2.92. The minimum absolute atomic E-state index is 0.0553. The number of nitro groups is 1. The molecule has 0 aromatic heterocycles. The van der Waals surface area contributed by atoms with E-state index in [0.717, 1.165) is 12.8 Å². The van der Waals surface area contributed by atoms with Gasteiger partial charge < -0.3 is 4.90 Å². The summed E-state index contributed by atoms with van der Waals surface area (Å²) in [5, 5.41) is 10.9. The van der Waals surface area contributed by atoms with Crippen LogP contribution in [0.4, 0.5) is 11.4 Å². The third-order valence-corrected chi connectivity index (χ3v) is 4.95. The normalized spacial score (nSPS) is 18.9. The van der Waals surface area contributed by atoms with Gasteiger partial charge in [0.25, 0.3) is 11.6 Å². The molecular weight excluding hydrogens is 334 g/mol. The van der Waals surface area contributed by atoms with Crippen molar-refractivity contribution in [3.8, 4) is 0 Å². The van der Waals surface area contributed by atoms with Gasteiger partial charge in [-0.05, 0) is 36.6 Å². The Hall–Kier alpha value is -3.22. The Balaban J connectivity index is 1.77. The zero-order valence-electron chi connectivity index (χ0n) is 14.0. The lowest BCUT2D eigenvalue weighted by molar-refractivity contribution is -0.384. The zero-order chi connectivity index (χ0) is 18.3. The number of benzene rings is 2. The highest BCUT2D eigenvalue weighted by atomic mass is 16.6. The second-order valence-electron chi connectivity index (χ2n) is 6.47. The van der Waals surface area contributed by atoms with Crippen LogP contribution in [0.3, 0.4) is 0 Å². The number of hydrogen-bond donors (Lipinski definition) is 0. The fourth-order valence-electron chi connectivity index (χ4n) is 3.67. The average molecular weight is 351 g/mol. The summed E-state index contributed by atoms with van der Waals surface area (Å²) in [6.45, 7) is 1.39. The van der Waals surface area contributed by atoms with Crippen LogP contribution in [0.15, 0.2) is 48.5 Å². The van der Waals surface area contributed by atoms with Crippen molar-refractivity contribution in [2.24, 2.45) is 0 Å². The summed E-state index contributed by atoms with van der Waals surface area (Å²) in [6.07, 6.45) is 1.93. The molecule has 0 radical (unpaired) electrons. The van der Waals surface area contributed by atoms with Crippen molar-refractivity contribution < 1.29 is 14.5 Å². The maximum absolute atomic E-state index is 13.1. The van der Waals surface area contributed by atoms with E-state index < -0.39 is 11.0 Å². The lowest BCUT2D eigenvalue weighted by Crippen LogP contribution is -2.40. The Morgan fingerprint density at radius 1 is 1.04 bits per heavy atom. The summed E-state index contributed by atoms with van der Waals surface area (Å²) >= 11 is 0. The molecule has 7 heteroatoms. The first-order valence-electron chi connectivity index (χ1n) is 8.53. The topological polar surface area (TPSA) is 83.8 Å². The molecule has 132 valence electrons. The Morgan fingerprint density at radius 2 is 1.69 bits per heavy atom. The van der Waals surface area contributed by atoms with E-state index in [9.17, 15) is 19.7 Å². The largest absolute Gasteiger partial charge is 0.341 e. The van der Waals surface area contributed by atoms with E-state index in [1.54, 1.807) is 23.1 Å². The molecule has 2 aromatic rings. The number of nitro benzene ring substituents is 1. The Kier molecular flexibility index (Phi) is 3.91. The van der Waals surface area contributed by atoms with Crippen molar-refractivity contribution in [1.82, 2.24) is 4.90 Å². The lowest BCUT2D eigenvalue weighted by Gasteiger charge is -2.28. The zero-order valence-corrected chi connectivity index (χ0v) is 14.0. The van der Waals surface area contributed by atoms with Crippen LogP contribution in [0.25, 0.3) is 0 Å². The van der Waals surface area contributed by atoms with Gasteiger partial charge in [-0.2, -0.15) is 0 Å². The monoisotopic (exact) mass is 351 g/mol. The van der Waals surface area contributed by atoms with Gasteiger partial charge in [-0.1, -0.05) is 18.2 Å². The molecule has 1 atom stereocenters. The SMILES string of the molecule is O=C([C@@H]1c2ccccc2C(=O)N1c1ccc([N+](=O)[O-])cc1)N1CCCC1. The van der Waals surface area contributed by atoms with Crippen LogP contribution < -0.4 is 4.90 Å². The number of hydrogen-bond acceptors (Lipinski definition) is 4. The highest BCUT2D eigenvalue weighted by molar-refractivity contribution is 6.15. The predicted molar refractivity (Wildman–Crippen MR) is 94.9 cm³/mol. The number of carbonyl (C=O) groups is 2. The fraction of sp³-hybridized carbons (Fsp3) is 0.263. The number of likely N-dealkylation sites (tertiary alicyclic amines) is 1. The van der Waals surface area contributed by atoms with Crippen LogP contribution in [0.1, 0.15) is 34.8 Å². The van der Waals surface area contributed by atoms with Gasteiger partial charge in [-0.15, -0.1) is 0 Å². The molecule has 1 saturated heterocycles. The minimum Gasteiger partial charge on any atom is -0.341 e. The molecule has 0 unspecified atom stereocenters. The van der Waals surface area contributed by atoms with Gasteiger partial charge in [0.15, 0.2) is 0 Å². The van der Waals surface area contributed by atoms with Gasteiger partial charge in [0.05, 0.1) is 4.92 Å². The fourth-order valence-corrected chi connectivity index (χ4v) is 3.67. The molecule has 2 amide bonds. The van der Waals surface area contributed by atoms with Crippen LogP contribution in [-0.4, -0.2) is 34.7 Å². The number of amides is 2. The Labute approximate surface area is 150 Å². The molecule has 2 heterocycles. The highest BCUT2D eigenvalue weighted by Gasteiger charge is 2.43. The van der Waals surface area contributed by atoms with Crippen LogP contribution in [0, 0.1) is 10.1 Å². The van der Waals surface area contributed by atoms with E-state index in [2.05, 4.69) is 0 Å². The van der Waals surface area contributed by atoms with Gasteiger partial charge in [-0.3, -0.25) is 24.6 Å². The molecule has 26 heavy (non-hydrogen) atoms. The molecule has 0 aliphatic carbocycles. The van der Waals surface area contributed by atoms with Crippen LogP contribution >= 0.6 is 0 Å². The first kappa shape index (κ1) is 16.3. The molecule has 4 rings (SSSR count).